The molecule has 0 aliphatic rings. The molecule has 0 fully saturated rings. The molecule has 3 N–H and O–H groups in total. The third kappa shape index (κ3) is 7.45. The Labute approximate surface area is 128 Å². The van der Waals surface area contributed by atoms with Gasteiger partial charge in [-0.1, -0.05) is 26.0 Å². The Balaban J connectivity index is 2.75. The van der Waals surface area contributed by atoms with Crippen molar-refractivity contribution in [3.8, 4) is 0 Å². The first-order chi connectivity index (χ1) is 9.68. The van der Waals surface area contributed by atoms with Gasteiger partial charge >= 0.3 is 0 Å². The highest BCUT2D eigenvalue weighted by atomic mass is 32.2. The lowest BCUT2D eigenvalue weighted by Crippen LogP contribution is -2.42. The molecule has 1 aromatic rings. The van der Waals surface area contributed by atoms with Crippen LogP contribution < -0.4 is 10.5 Å². The predicted octanol–water partition coefficient (Wildman–Crippen LogP) is 1.66. The van der Waals surface area contributed by atoms with Crippen molar-refractivity contribution in [1.29, 1.82) is 0 Å². The van der Waals surface area contributed by atoms with E-state index >= 15 is 0 Å². The maximum absolute atomic E-state index is 12.3. The van der Waals surface area contributed by atoms with Gasteiger partial charge in [-0.15, -0.1) is 0 Å². The highest BCUT2D eigenvalue weighted by Crippen LogP contribution is 2.12. The third-order valence-corrected chi connectivity index (χ3v) is 4.40. The molecule has 0 aliphatic carbocycles. The van der Waals surface area contributed by atoms with E-state index in [0.717, 1.165) is 6.42 Å². The zero-order chi connectivity index (χ0) is 16.0. The number of nitrogens with two attached hydrogens (primary N) is 1. The summed E-state index contributed by atoms with van der Waals surface area (Å²) in [4.78, 5) is 2.00. The van der Waals surface area contributed by atoms with Crippen LogP contribution in [0.15, 0.2) is 24.3 Å². The average molecular weight is 313 g/mol. The van der Waals surface area contributed by atoms with Crippen LogP contribution in [0.2, 0.25) is 0 Å². The van der Waals surface area contributed by atoms with Gasteiger partial charge in [0.25, 0.3) is 0 Å². The summed E-state index contributed by atoms with van der Waals surface area (Å²) in [6.45, 7) is 4.87. The van der Waals surface area contributed by atoms with Crippen LogP contribution in [0, 0.1) is 5.92 Å². The predicted molar refractivity (Wildman–Crippen MR) is 88.4 cm³/mol. The summed E-state index contributed by atoms with van der Waals surface area (Å²) in [5.41, 5.74) is 6.97. The van der Waals surface area contributed by atoms with Crippen molar-refractivity contribution in [2.75, 3.05) is 26.4 Å². The number of hydrogen-bond acceptors (Lipinski definition) is 4. The summed E-state index contributed by atoms with van der Waals surface area (Å²) in [5.74, 6) is 0.394. The number of likely N-dealkylation sites (N-methyl/N-ethyl adjacent to an activating group) is 1. The Kier molecular flexibility index (Phi) is 6.64. The van der Waals surface area contributed by atoms with Crippen LogP contribution in [0.25, 0.3) is 0 Å². The molecule has 0 radical (unpaired) electrons. The minimum Gasteiger partial charge on any atom is -0.399 e. The summed E-state index contributed by atoms with van der Waals surface area (Å²) in [6.07, 6.45) is 0.814. The molecular weight excluding hydrogens is 286 g/mol. The summed E-state index contributed by atoms with van der Waals surface area (Å²) in [6, 6.07) is 6.91. The van der Waals surface area contributed by atoms with Crippen LogP contribution in [-0.2, 0) is 15.8 Å². The molecule has 0 aromatic heterocycles. The maximum atomic E-state index is 12.3. The van der Waals surface area contributed by atoms with Crippen LogP contribution in [0.5, 0.6) is 0 Å². The first-order valence-electron chi connectivity index (χ1n) is 7.17. The van der Waals surface area contributed by atoms with Gasteiger partial charge in [-0.05, 0) is 44.1 Å². The second-order valence-corrected chi connectivity index (χ2v) is 7.96. The molecule has 0 saturated carbocycles. The smallest absolute Gasteiger partial charge is 0.216 e. The topological polar surface area (TPSA) is 75.4 Å². The number of nitrogen functional groups attached to an aromatic ring is 1. The lowest BCUT2D eigenvalue weighted by atomic mass is 10.0. The van der Waals surface area contributed by atoms with Gasteiger partial charge in [0.15, 0.2) is 0 Å². The molecule has 1 unspecified atom stereocenters. The van der Waals surface area contributed by atoms with Crippen molar-refractivity contribution in [3.05, 3.63) is 29.8 Å². The minimum atomic E-state index is -3.37. The number of rotatable bonds is 8. The number of anilines is 1. The van der Waals surface area contributed by atoms with Gasteiger partial charge in [-0.3, -0.25) is 0 Å². The Morgan fingerprint density at radius 2 is 1.95 bits per heavy atom. The fourth-order valence-electron chi connectivity index (χ4n) is 2.37. The lowest BCUT2D eigenvalue weighted by Gasteiger charge is -2.23. The average Bonchev–Trinajstić information content (AvgIpc) is 2.24. The second-order valence-electron chi connectivity index (χ2n) is 6.21. The van der Waals surface area contributed by atoms with Gasteiger partial charge in [-0.2, -0.15) is 0 Å². The van der Waals surface area contributed by atoms with Crippen LogP contribution in [-0.4, -0.2) is 40.0 Å². The Hall–Kier alpha value is -1.11. The summed E-state index contributed by atoms with van der Waals surface area (Å²) >= 11 is 0. The monoisotopic (exact) mass is 313 g/mol. The van der Waals surface area contributed by atoms with E-state index in [-0.39, 0.29) is 11.8 Å². The fourth-order valence-corrected chi connectivity index (χ4v) is 3.75. The van der Waals surface area contributed by atoms with E-state index in [0.29, 0.717) is 23.7 Å². The molecular formula is C15H27N3O2S. The van der Waals surface area contributed by atoms with Crippen molar-refractivity contribution in [3.63, 3.8) is 0 Å². The quantitative estimate of drug-likeness (QED) is 0.716. The van der Waals surface area contributed by atoms with Gasteiger partial charge in [0, 0.05) is 18.3 Å². The van der Waals surface area contributed by atoms with Crippen LogP contribution in [0.3, 0.4) is 0 Å². The van der Waals surface area contributed by atoms with Crippen molar-refractivity contribution in [2.45, 2.75) is 32.1 Å². The first kappa shape index (κ1) is 17.9. The van der Waals surface area contributed by atoms with E-state index in [9.17, 15) is 8.42 Å². The van der Waals surface area contributed by atoms with Crippen molar-refractivity contribution in [2.24, 2.45) is 5.92 Å². The van der Waals surface area contributed by atoms with E-state index in [2.05, 4.69) is 18.6 Å². The molecule has 0 saturated heterocycles. The molecule has 0 spiro atoms. The SMILES string of the molecule is CC(C)CC(CN(C)C)NS(=O)(=O)Cc1cccc(N)c1. The molecule has 0 bridgehead atoms. The maximum Gasteiger partial charge on any atom is 0.216 e. The Morgan fingerprint density at radius 1 is 1.29 bits per heavy atom. The molecule has 120 valence electrons. The van der Waals surface area contributed by atoms with Crippen molar-refractivity contribution in [1.82, 2.24) is 9.62 Å². The van der Waals surface area contributed by atoms with Crippen molar-refractivity contribution < 1.29 is 8.42 Å². The summed E-state index contributed by atoms with van der Waals surface area (Å²) in [7, 11) is 0.514. The van der Waals surface area contributed by atoms with Gasteiger partial charge in [0.2, 0.25) is 10.0 Å². The van der Waals surface area contributed by atoms with E-state index in [1.807, 2.05) is 19.0 Å². The highest BCUT2D eigenvalue weighted by molar-refractivity contribution is 7.88. The van der Waals surface area contributed by atoms with Crippen LogP contribution in [0.4, 0.5) is 5.69 Å². The third-order valence-electron chi connectivity index (χ3n) is 3.00. The Bertz CT molecular complexity index is 532. The number of sulfonamides is 1. The molecule has 1 aromatic carbocycles. The van der Waals surface area contributed by atoms with Crippen molar-refractivity contribution >= 4 is 15.7 Å². The molecule has 0 heterocycles. The van der Waals surface area contributed by atoms with E-state index in [1.54, 1.807) is 24.3 Å². The first-order valence-corrected chi connectivity index (χ1v) is 8.82. The number of benzene rings is 1. The zero-order valence-corrected chi connectivity index (χ0v) is 14.2. The largest absolute Gasteiger partial charge is 0.399 e. The molecule has 21 heavy (non-hydrogen) atoms. The molecule has 6 heteroatoms. The number of hydrogen-bond donors (Lipinski definition) is 2. The lowest BCUT2D eigenvalue weighted by molar-refractivity contribution is 0.329. The number of nitrogens with zero attached hydrogens (tertiary/aromatic N) is 1. The van der Waals surface area contributed by atoms with Gasteiger partial charge in [0.05, 0.1) is 5.75 Å². The molecule has 1 rings (SSSR count). The Morgan fingerprint density at radius 3 is 2.48 bits per heavy atom. The summed E-state index contributed by atoms with van der Waals surface area (Å²) < 4.78 is 27.4. The minimum absolute atomic E-state index is 0.0416. The van der Waals surface area contributed by atoms with E-state index < -0.39 is 10.0 Å². The van der Waals surface area contributed by atoms with Gasteiger partial charge in [0.1, 0.15) is 0 Å². The van der Waals surface area contributed by atoms with E-state index in [1.165, 1.54) is 0 Å². The van der Waals surface area contributed by atoms with E-state index in [4.69, 9.17) is 5.73 Å². The van der Waals surface area contributed by atoms with Crippen LogP contribution >= 0.6 is 0 Å². The molecule has 5 nitrogen and oxygen atoms in total. The summed E-state index contributed by atoms with van der Waals surface area (Å²) in [5, 5.41) is 0. The van der Waals surface area contributed by atoms with Gasteiger partial charge < -0.3 is 10.6 Å². The fraction of sp³-hybridized carbons (Fsp3) is 0.600. The highest BCUT2D eigenvalue weighted by Gasteiger charge is 2.20. The van der Waals surface area contributed by atoms with Gasteiger partial charge in [-0.25, -0.2) is 13.1 Å². The molecule has 1 atom stereocenters. The zero-order valence-electron chi connectivity index (χ0n) is 13.3. The molecule has 0 aliphatic heterocycles. The normalized spacial score (nSPS) is 13.8. The number of nitrogens with one attached hydrogen (secondary N) is 1. The molecule has 0 amide bonds. The second kappa shape index (κ2) is 7.77. The van der Waals surface area contributed by atoms with Crippen LogP contribution in [0.1, 0.15) is 25.8 Å². The standard InChI is InChI=1S/C15H27N3O2S/c1-12(2)8-15(10-18(3)4)17-21(19,20)11-13-6-5-7-14(16)9-13/h5-7,9,12,15,17H,8,10-11,16H2,1-4H3.